The van der Waals surface area contributed by atoms with Crippen molar-refractivity contribution in [1.29, 1.82) is 0 Å². The summed E-state index contributed by atoms with van der Waals surface area (Å²) < 4.78 is 41.2. The Kier molecular flexibility index (Phi) is 5.98. The minimum atomic E-state index is -3.78. The quantitative estimate of drug-likeness (QED) is 0.335. The number of aryl methyl sites for hydroxylation is 3. The molecule has 0 fully saturated rings. The van der Waals surface area contributed by atoms with Crippen LogP contribution in [-0.4, -0.2) is 32.9 Å². The monoisotopic (exact) mass is 502 g/mol. The summed E-state index contributed by atoms with van der Waals surface area (Å²) in [7, 11) is -3.78. The predicted molar refractivity (Wildman–Crippen MR) is 133 cm³/mol. The Labute approximate surface area is 207 Å². The average Bonchev–Trinajstić information content (AvgIpc) is 3.48. The molecule has 182 valence electrons. The van der Waals surface area contributed by atoms with Gasteiger partial charge in [-0.05, 0) is 50.2 Å². The first-order valence-electron chi connectivity index (χ1n) is 11.0. The van der Waals surface area contributed by atoms with Gasteiger partial charge in [-0.3, -0.25) is 9.29 Å². The van der Waals surface area contributed by atoms with Crippen LogP contribution in [-0.2, 0) is 10.0 Å². The van der Waals surface area contributed by atoms with Crippen molar-refractivity contribution in [1.82, 2.24) is 24.5 Å². The molecule has 0 saturated carbocycles. The lowest BCUT2D eigenvalue weighted by atomic mass is 10.2. The van der Waals surface area contributed by atoms with E-state index in [1.54, 1.807) is 62.5 Å². The third kappa shape index (κ3) is 4.96. The predicted octanol–water partition coefficient (Wildman–Crippen LogP) is 4.84. The van der Waals surface area contributed by atoms with Crippen LogP contribution in [0.2, 0.25) is 0 Å². The number of hydrogen-bond acceptors (Lipinski definition) is 8. The minimum absolute atomic E-state index is 0.130. The average molecular weight is 503 g/mol. The van der Waals surface area contributed by atoms with Gasteiger partial charge >= 0.3 is 0 Å². The number of benzene rings is 2. The van der Waals surface area contributed by atoms with Gasteiger partial charge in [0.2, 0.25) is 5.88 Å². The Bertz CT molecular complexity index is 1620. The lowest BCUT2D eigenvalue weighted by Crippen LogP contribution is -2.12. The highest BCUT2D eigenvalue weighted by Gasteiger charge is 2.15. The zero-order chi connectivity index (χ0) is 25.3. The lowest BCUT2D eigenvalue weighted by Gasteiger charge is -2.11. The largest absolute Gasteiger partial charge is 0.449 e. The second-order valence-electron chi connectivity index (χ2n) is 7.96. The summed E-state index contributed by atoms with van der Waals surface area (Å²) in [6, 6.07) is 14.7. The number of sulfonamides is 1. The second-order valence-corrected chi connectivity index (χ2v) is 9.65. The Balaban J connectivity index is 1.29. The molecule has 10 nitrogen and oxygen atoms in total. The van der Waals surface area contributed by atoms with Crippen molar-refractivity contribution in [3.63, 3.8) is 0 Å². The van der Waals surface area contributed by atoms with E-state index in [0.717, 1.165) is 11.4 Å². The van der Waals surface area contributed by atoms with E-state index in [4.69, 9.17) is 9.15 Å². The Morgan fingerprint density at radius 1 is 0.944 bits per heavy atom. The highest BCUT2D eigenvalue weighted by molar-refractivity contribution is 7.92. The molecule has 36 heavy (non-hydrogen) atoms. The summed E-state index contributed by atoms with van der Waals surface area (Å²) in [5.41, 5.74) is 1.80. The molecule has 3 aromatic heterocycles. The highest BCUT2D eigenvalue weighted by Crippen LogP contribution is 2.26. The van der Waals surface area contributed by atoms with E-state index in [2.05, 4.69) is 24.7 Å². The van der Waals surface area contributed by atoms with Gasteiger partial charge in [0.05, 0.1) is 4.90 Å². The van der Waals surface area contributed by atoms with E-state index >= 15 is 0 Å². The molecule has 0 unspecified atom stereocenters. The van der Waals surface area contributed by atoms with Gasteiger partial charge in [0.1, 0.15) is 35.2 Å². The van der Waals surface area contributed by atoms with Crippen LogP contribution in [0, 0.1) is 20.8 Å². The number of hydrogen-bond donors (Lipinski definition) is 1. The standard InChI is InChI=1S/C25H22N6O4S/c1-16-27-24(31-13-12-26-17(31)2)14-25(28-16)35-21-8-6-20(7-9-21)30-36(32,33)22-10-4-19(5-11-22)23-15-34-18(3)29-23/h4-15,30H,1-3H3. The zero-order valence-electron chi connectivity index (χ0n) is 19.7. The molecule has 2 aromatic carbocycles. The van der Waals surface area contributed by atoms with E-state index in [0.29, 0.717) is 40.5 Å². The maximum atomic E-state index is 12.8. The maximum Gasteiger partial charge on any atom is 0.261 e. The molecule has 5 aromatic rings. The smallest absolute Gasteiger partial charge is 0.261 e. The first-order valence-corrected chi connectivity index (χ1v) is 12.4. The molecule has 11 heteroatoms. The third-order valence-corrected chi connectivity index (χ3v) is 6.68. The van der Waals surface area contributed by atoms with Crippen molar-refractivity contribution in [2.45, 2.75) is 25.7 Å². The number of anilines is 1. The molecule has 0 saturated heterocycles. The third-order valence-electron chi connectivity index (χ3n) is 5.28. The molecular weight excluding hydrogens is 480 g/mol. The molecule has 3 heterocycles. The van der Waals surface area contributed by atoms with E-state index in [9.17, 15) is 8.42 Å². The van der Waals surface area contributed by atoms with Gasteiger partial charge in [0.15, 0.2) is 5.89 Å². The van der Waals surface area contributed by atoms with Gasteiger partial charge in [-0.2, -0.15) is 4.98 Å². The van der Waals surface area contributed by atoms with Gasteiger partial charge in [-0.1, -0.05) is 12.1 Å². The minimum Gasteiger partial charge on any atom is -0.449 e. The topological polar surface area (TPSA) is 125 Å². The molecule has 0 amide bonds. The Morgan fingerprint density at radius 2 is 1.69 bits per heavy atom. The fraction of sp³-hybridized carbons (Fsp3) is 0.120. The zero-order valence-corrected chi connectivity index (χ0v) is 20.5. The number of nitrogens with zero attached hydrogens (tertiary/aromatic N) is 5. The van der Waals surface area contributed by atoms with Crippen LogP contribution in [0.1, 0.15) is 17.5 Å². The molecule has 1 N–H and O–H groups in total. The summed E-state index contributed by atoms with van der Waals surface area (Å²) >= 11 is 0. The molecule has 0 bridgehead atoms. The van der Waals surface area contributed by atoms with Crippen molar-refractivity contribution in [2.24, 2.45) is 0 Å². The molecule has 0 spiro atoms. The van der Waals surface area contributed by atoms with Gasteiger partial charge in [-0.15, -0.1) is 0 Å². The molecule has 5 rings (SSSR count). The number of rotatable bonds is 7. The molecule has 0 aliphatic heterocycles. The Morgan fingerprint density at radius 3 is 2.33 bits per heavy atom. The van der Waals surface area contributed by atoms with Crippen molar-refractivity contribution in [3.8, 4) is 28.7 Å². The van der Waals surface area contributed by atoms with Crippen LogP contribution in [0.5, 0.6) is 11.6 Å². The number of nitrogens with one attached hydrogen (secondary N) is 1. The summed E-state index contributed by atoms with van der Waals surface area (Å²) in [6.07, 6.45) is 5.03. The van der Waals surface area contributed by atoms with E-state index in [-0.39, 0.29) is 4.90 Å². The van der Waals surface area contributed by atoms with Crippen molar-refractivity contribution < 1.29 is 17.6 Å². The molecule has 0 radical (unpaired) electrons. The highest BCUT2D eigenvalue weighted by atomic mass is 32.2. The SMILES string of the molecule is Cc1nc(Oc2ccc(NS(=O)(=O)c3ccc(-c4coc(C)n4)cc3)cc2)cc(-n2ccnc2C)n1. The number of aromatic nitrogens is 5. The Hall–Kier alpha value is -4.51. The fourth-order valence-corrected chi connectivity index (χ4v) is 4.61. The maximum absolute atomic E-state index is 12.8. The van der Waals surface area contributed by atoms with E-state index in [1.165, 1.54) is 18.4 Å². The van der Waals surface area contributed by atoms with Gasteiger partial charge < -0.3 is 9.15 Å². The summed E-state index contributed by atoms with van der Waals surface area (Å²) in [5, 5.41) is 0. The summed E-state index contributed by atoms with van der Waals surface area (Å²) in [5.74, 6) is 3.38. The van der Waals surface area contributed by atoms with Gasteiger partial charge in [0, 0.05) is 36.6 Å². The van der Waals surface area contributed by atoms with Crippen LogP contribution in [0.15, 0.2) is 82.6 Å². The fourth-order valence-electron chi connectivity index (χ4n) is 3.55. The molecular formula is C25H22N6O4S. The summed E-state index contributed by atoms with van der Waals surface area (Å²) in [6.45, 7) is 5.40. The first-order chi connectivity index (χ1) is 17.3. The van der Waals surface area contributed by atoms with Crippen LogP contribution in [0.4, 0.5) is 5.69 Å². The van der Waals surface area contributed by atoms with Gasteiger partial charge in [0.25, 0.3) is 10.0 Å². The van der Waals surface area contributed by atoms with E-state index < -0.39 is 10.0 Å². The molecule has 0 aliphatic carbocycles. The normalized spacial score (nSPS) is 11.4. The van der Waals surface area contributed by atoms with Crippen molar-refractivity contribution in [2.75, 3.05) is 4.72 Å². The number of ether oxygens (including phenoxy) is 1. The lowest BCUT2D eigenvalue weighted by molar-refractivity contribution is 0.459. The first kappa shape index (κ1) is 23.2. The number of imidazole rings is 1. The van der Waals surface area contributed by atoms with Crippen LogP contribution < -0.4 is 9.46 Å². The second kappa shape index (κ2) is 9.27. The molecule has 0 aliphatic rings. The number of oxazole rings is 1. The van der Waals surface area contributed by atoms with Crippen molar-refractivity contribution >= 4 is 15.7 Å². The van der Waals surface area contributed by atoms with Crippen LogP contribution in [0.25, 0.3) is 17.1 Å². The van der Waals surface area contributed by atoms with Crippen LogP contribution in [0.3, 0.4) is 0 Å². The molecule has 0 atom stereocenters. The summed E-state index contributed by atoms with van der Waals surface area (Å²) in [4.78, 5) is 17.4. The van der Waals surface area contributed by atoms with Crippen molar-refractivity contribution in [3.05, 3.63) is 90.8 Å². The van der Waals surface area contributed by atoms with Crippen LogP contribution >= 0.6 is 0 Å². The van der Waals surface area contributed by atoms with Gasteiger partial charge in [-0.25, -0.2) is 23.4 Å². The van der Waals surface area contributed by atoms with E-state index in [1.807, 2.05) is 17.7 Å².